The van der Waals surface area contributed by atoms with Crippen molar-refractivity contribution in [3.8, 4) is 0 Å². The summed E-state index contributed by atoms with van der Waals surface area (Å²) in [6.07, 6.45) is 4.55. The Morgan fingerprint density at radius 1 is 1.41 bits per heavy atom. The zero-order valence-corrected chi connectivity index (χ0v) is 10.3. The molecule has 0 radical (unpaired) electrons. The summed E-state index contributed by atoms with van der Waals surface area (Å²) < 4.78 is 0. The third-order valence-electron chi connectivity index (χ3n) is 3.39. The molecule has 1 heterocycles. The zero-order valence-electron chi connectivity index (χ0n) is 10.3. The highest BCUT2D eigenvalue weighted by molar-refractivity contribution is 5.80. The molecular formula is C15H19NO. The Balaban J connectivity index is 1.88. The molecule has 1 aliphatic heterocycles. The maximum atomic E-state index is 11.6. The van der Waals surface area contributed by atoms with Gasteiger partial charge < -0.3 is 4.90 Å². The number of amides is 1. The Kier molecular flexibility index (Phi) is 3.62. The van der Waals surface area contributed by atoms with Gasteiger partial charge in [0.2, 0.25) is 5.91 Å². The number of carbonyl (C=O) groups is 1. The smallest absolute Gasteiger partial charge is 0.223 e. The third kappa shape index (κ3) is 2.57. The molecule has 0 aromatic heterocycles. The van der Waals surface area contributed by atoms with E-state index in [1.54, 1.807) is 0 Å². The minimum absolute atomic E-state index is 0.243. The first-order valence-corrected chi connectivity index (χ1v) is 6.25. The van der Waals surface area contributed by atoms with E-state index in [9.17, 15) is 4.79 Å². The summed E-state index contributed by atoms with van der Waals surface area (Å²) in [6, 6.07) is 11.1. The lowest BCUT2D eigenvalue weighted by atomic mass is 10.1. The highest BCUT2D eigenvalue weighted by Crippen LogP contribution is 2.33. The molecule has 90 valence electrons. The first-order valence-electron chi connectivity index (χ1n) is 6.25. The maximum Gasteiger partial charge on any atom is 0.223 e. The average Bonchev–Trinajstić information content (AvgIpc) is 3.10. The number of hydrogen-bond acceptors (Lipinski definition) is 1. The van der Waals surface area contributed by atoms with E-state index >= 15 is 0 Å². The Hall–Kier alpha value is -1.57. The van der Waals surface area contributed by atoms with E-state index < -0.39 is 0 Å². The molecule has 1 amide bonds. The number of aryl methyl sites for hydroxylation is 1. The molecule has 2 rings (SSSR count). The van der Waals surface area contributed by atoms with Crippen LogP contribution in [0.2, 0.25) is 0 Å². The lowest BCUT2D eigenvalue weighted by Crippen LogP contribution is -2.13. The number of rotatable bonds is 5. The van der Waals surface area contributed by atoms with Gasteiger partial charge in [-0.05, 0) is 18.4 Å². The SMILES string of the molecule is C=C[C@H]1[C@@H](CCc2ccccc2)N1C(=O)CC. The monoisotopic (exact) mass is 229 g/mol. The molecule has 1 fully saturated rings. The van der Waals surface area contributed by atoms with Gasteiger partial charge in [-0.3, -0.25) is 4.79 Å². The molecule has 1 aromatic carbocycles. The van der Waals surface area contributed by atoms with E-state index in [4.69, 9.17) is 0 Å². The van der Waals surface area contributed by atoms with Crippen LogP contribution >= 0.6 is 0 Å². The zero-order chi connectivity index (χ0) is 12.3. The van der Waals surface area contributed by atoms with Gasteiger partial charge in [-0.15, -0.1) is 6.58 Å². The Morgan fingerprint density at radius 2 is 2.12 bits per heavy atom. The van der Waals surface area contributed by atoms with Crippen molar-refractivity contribution in [3.05, 3.63) is 48.6 Å². The molecule has 2 nitrogen and oxygen atoms in total. The second-order valence-electron chi connectivity index (χ2n) is 4.47. The van der Waals surface area contributed by atoms with Crippen molar-refractivity contribution in [3.63, 3.8) is 0 Å². The molecule has 0 unspecified atom stereocenters. The molecule has 0 spiro atoms. The van der Waals surface area contributed by atoms with Gasteiger partial charge >= 0.3 is 0 Å². The Labute approximate surface area is 103 Å². The van der Waals surface area contributed by atoms with Crippen LogP contribution in [0.4, 0.5) is 0 Å². The average molecular weight is 229 g/mol. The quantitative estimate of drug-likeness (QED) is 0.561. The summed E-state index contributed by atoms with van der Waals surface area (Å²) in [7, 11) is 0. The van der Waals surface area contributed by atoms with Crippen LogP contribution in [0, 0.1) is 0 Å². The molecule has 1 aromatic rings. The van der Waals surface area contributed by atoms with E-state index in [1.165, 1.54) is 5.56 Å². The molecule has 0 bridgehead atoms. The summed E-state index contributed by atoms with van der Waals surface area (Å²) in [5, 5.41) is 0. The van der Waals surface area contributed by atoms with Gasteiger partial charge in [0.15, 0.2) is 0 Å². The predicted molar refractivity (Wildman–Crippen MR) is 69.7 cm³/mol. The minimum Gasteiger partial charge on any atom is -0.329 e. The van der Waals surface area contributed by atoms with Crippen molar-refractivity contribution < 1.29 is 4.79 Å². The van der Waals surface area contributed by atoms with Crippen LogP contribution in [0.3, 0.4) is 0 Å². The molecule has 0 aliphatic carbocycles. The van der Waals surface area contributed by atoms with E-state index in [0.717, 1.165) is 12.8 Å². The fourth-order valence-electron chi connectivity index (χ4n) is 2.37. The minimum atomic E-state index is 0.243. The van der Waals surface area contributed by atoms with E-state index in [0.29, 0.717) is 12.5 Å². The van der Waals surface area contributed by atoms with Crippen LogP contribution in [0.1, 0.15) is 25.3 Å². The highest BCUT2D eigenvalue weighted by atomic mass is 16.2. The molecule has 0 saturated carbocycles. The first-order chi connectivity index (χ1) is 8.27. The largest absolute Gasteiger partial charge is 0.329 e. The van der Waals surface area contributed by atoms with E-state index in [2.05, 4.69) is 30.8 Å². The number of benzene rings is 1. The molecule has 2 heteroatoms. The molecule has 1 aliphatic rings. The van der Waals surface area contributed by atoms with Crippen LogP contribution in [-0.4, -0.2) is 22.9 Å². The van der Waals surface area contributed by atoms with E-state index in [-0.39, 0.29) is 11.9 Å². The normalized spacial score (nSPS) is 22.3. The van der Waals surface area contributed by atoms with Crippen molar-refractivity contribution in [2.24, 2.45) is 0 Å². The molecule has 2 atom stereocenters. The standard InChI is InChI=1S/C15H19NO/c1-3-13-14(16(13)15(17)4-2)11-10-12-8-6-5-7-9-12/h3,5-9,13-14H,1,4,10-11H2,2H3/t13-,14+,16?/m0/s1. The van der Waals surface area contributed by atoms with Crippen molar-refractivity contribution in [1.82, 2.24) is 4.90 Å². The second kappa shape index (κ2) is 5.17. The Morgan fingerprint density at radius 3 is 2.71 bits per heavy atom. The summed E-state index contributed by atoms with van der Waals surface area (Å²) in [6.45, 7) is 5.71. The summed E-state index contributed by atoms with van der Waals surface area (Å²) in [5.41, 5.74) is 1.34. The fraction of sp³-hybridized carbons (Fsp3) is 0.400. The molecular weight excluding hydrogens is 210 g/mol. The number of carbonyl (C=O) groups excluding carboxylic acids is 1. The van der Waals surface area contributed by atoms with Crippen molar-refractivity contribution in [2.75, 3.05) is 0 Å². The van der Waals surface area contributed by atoms with Crippen LogP contribution in [0.15, 0.2) is 43.0 Å². The fourth-order valence-corrected chi connectivity index (χ4v) is 2.37. The summed E-state index contributed by atoms with van der Waals surface area (Å²) >= 11 is 0. The van der Waals surface area contributed by atoms with Crippen molar-refractivity contribution in [1.29, 1.82) is 0 Å². The molecule has 0 N–H and O–H groups in total. The van der Waals surface area contributed by atoms with Gasteiger partial charge in [0, 0.05) is 6.42 Å². The second-order valence-corrected chi connectivity index (χ2v) is 4.47. The number of nitrogens with zero attached hydrogens (tertiary/aromatic N) is 1. The van der Waals surface area contributed by atoms with Gasteiger partial charge in [-0.25, -0.2) is 0 Å². The lowest BCUT2D eigenvalue weighted by Gasteiger charge is -2.02. The van der Waals surface area contributed by atoms with Crippen molar-refractivity contribution >= 4 is 5.91 Å². The summed E-state index contributed by atoms with van der Waals surface area (Å²) in [5.74, 6) is 0.243. The predicted octanol–water partition coefficient (Wildman–Crippen LogP) is 2.79. The van der Waals surface area contributed by atoms with Crippen LogP contribution in [-0.2, 0) is 11.2 Å². The van der Waals surface area contributed by atoms with Gasteiger partial charge in [0.25, 0.3) is 0 Å². The van der Waals surface area contributed by atoms with Crippen molar-refractivity contribution in [2.45, 2.75) is 38.3 Å². The maximum absolute atomic E-state index is 11.6. The highest BCUT2D eigenvalue weighted by Gasteiger charge is 2.47. The molecule has 17 heavy (non-hydrogen) atoms. The third-order valence-corrected chi connectivity index (χ3v) is 3.39. The van der Waals surface area contributed by atoms with Crippen LogP contribution in [0.25, 0.3) is 0 Å². The Bertz CT molecular complexity index is 399. The van der Waals surface area contributed by atoms with Gasteiger partial charge in [-0.1, -0.05) is 43.3 Å². The van der Waals surface area contributed by atoms with Crippen LogP contribution in [0.5, 0.6) is 0 Å². The van der Waals surface area contributed by atoms with Gasteiger partial charge in [0.05, 0.1) is 12.1 Å². The van der Waals surface area contributed by atoms with Crippen LogP contribution < -0.4 is 0 Å². The van der Waals surface area contributed by atoms with E-state index in [1.807, 2.05) is 24.0 Å². The summed E-state index contributed by atoms with van der Waals surface area (Å²) in [4.78, 5) is 13.6. The molecule has 1 saturated heterocycles. The lowest BCUT2D eigenvalue weighted by molar-refractivity contribution is -0.126. The first kappa shape index (κ1) is 11.9. The van der Waals surface area contributed by atoms with Gasteiger partial charge in [-0.2, -0.15) is 0 Å². The number of hydrogen-bond donors (Lipinski definition) is 0. The topological polar surface area (TPSA) is 20.1 Å². The van der Waals surface area contributed by atoms with Gasteiger partial charge in [0.1, 0.15) is 0 Å².